The number of aromatic nitrogens is 2. The van der Waals surface area contributed by atoms with Gasteiger partial charge < -0.3 is 8.37 Å². The average Bonchev–Trinajstić information content (AvgIpc) is 3.27. The van der Waals surface area contributed by atoms with Gasteiger partial charge in [0.1, 0.15) is 0 Å². The Bertz CT molecular complexity index is 501. The molecule has 0 saturated carbocycles. The second-order valence-corrected chi connectivity index (χ2v) is 12.6. The highest BCUT2D eigenvalue weighted by molar-refractivity contribution is 7.96. The molecule has 2 unspecified atom stereocenters. The SMILES string of the molecule is CCCCCCCCCCC(C)SOc1nnc(OSC(C)CCCCCCCCCC)s1. The molecule has 194 valence electrons. The van der Waals surface area contributed by atoms with Gasteiger partial charge in [-0.2, -0.15) is 0 Å². The predicted molar refractivity (Wildman–Crippen MR) is 150 cm³/mol. The Morgan fingerprint density at radius 3 is 1.27 bits per heavy atom. The molecule has 0 aliphatic rings. The first-order valence-corrected chi connectivity index (χ1v) is 16.1. The van der Waals surface area contributed by atoms with Crippen molar-refractivity contribution < 1.29 is 8.37 Å². The Morgan fingerprint density at radius 2 is 0.909 bits per heavy atom. The van der Waals surface area contributed by atoms with E-state index < -0.39 is 0 Å². The van der Waals surface area contributed by atoms with Crippen molar-refractivity contribution in [1.82, 2.24) is 10.2 Å². The van der Waals surface area contributed by atoms with Gasteiger partial charge >= 0.3 is 10.4 Å². The lowest BCUT2D eigenvalue weighted by Crippen LogP contribution is -1.99. The normalized spacial score (nSPS) is 13.2. The topological polar surface area (TPSA) is 44.2 Å². The first-order chi connectivity index (χ1) is 16.2. The molecule has 4 nitrogen and oxygen atoms in total. The van der Waals surface area contributed by atoms with E-state index in [4.69, 9.17) is 8.37 Å². The van der Waals surface area contributed by atoms with Crippen LogP contribution in [0.3, 0.4) is 0 Å². The van der Waals surface area contributed by atoms with Crippen LogP contribution in [0.4, 0.5) is 0 Å². The van der Waals surface area contributed by atoms with Gasteiger partial charge in [0.25, 0.3) is 0 Å². The molecule has 0 amide bonds. The first-order valence-electron chi connectivity index (χ1n) is 13.7. The fourth-order valence-corrected chi connectivity index (χ4v) is 5.64. The van der Waals surface area contributed by atoms with Crippen molar-refractivity contribution >= 4 is 35.4 Å². The molecule has 0 aromatic carbocycles. The first kappa shape index (κ1) is 30.9. The van der Waals surface area contributed by atoms with E-state index in [9.17, 15) is 0 Å². The van der Waals surface area contributed by atoms with E-state index >= 15 is 0 Å². The summed E-state index contributed by atoms with van der Waals surface area (Å²) in [4.78, 5) is 0. The molecule has 0 fully saturated rings. The van der Waals surface area contributed by atoms with Crippen LogP contribution in [-0.4, -0.2) is 20.7 Å². The number of rotatable bonds is 24. The minimum atomic E-state index is 0.472. The van der Waals surface area contributed by atoms with Gasteiger partial charge in [0, 0.05) is 10.5 Å². The Balaban J connectivity index is 2.01. The third kappa shape index (κ3) is 18.8. The number of hydrogen-bond donors (Lipinski definition) is 0. The zero-order valence-corrected chi connectivity index (χ0v) is 24.3. The zero-order valence-electron chi connectivity index (χ0n) is 21.8. The second kappa shape index (κ2) is 22.3. The lowest BCUT2D eigenvalue weighted by molar-refractivity contribution is 0.556. The minimum Gasteiger partial charge on any atom is -0.394 e. The largest absolute Gasteiger partial charge is 0.394 e. The van der Waals surface area contributed by atoms with Crippen LogP contribution in [0.5, 0.6) is 10.4 Å². The van der Waals surface area contributed by atoms with Gasteiger partial charge in [0.2, 0.25) is 0 Å². The highest BCUT2D eigenvalue weighted by Crippen LogP contribution is 2.32. The highest BCUT2D eigenvalue weighted by Gasteiger charge is 2.12. The maximum Gasteiger partial charge on any atom is 0.309 e. The quantitative estimate of drug-likeness (QED) is 0.100. The van der Waals surface area contributed by atoms with E-state index in [0.717, 1.165) is 0 Å². The van der Waals surface area contributed by atoms with Gasteiger partial charge in [-0.3, -0.25) is 0 Å². The third-order valence-corrected chi connectivity index (χ3v) is 8.41. The van der Waals surface area contributed by atoms with Crippen molar-refractivity contribution in [3.63, 3.8) is 0 Å². The maximum atomic E-state index is 5.78. The van der Waals surface area contributed by atoms with E-state index in [2.05, 4.69) is 37.9 Å². The van der Waals surface area contributed by atoms with Crippen LogP contribution in [-0.2, 0) is 0 Å². The van der Waals surface area contributed by atoms with E-state index in [1.807, 2.05) is 0 Å². The summed E-state index contributed by atoms with van der Waals surface area (Å²) in [6.07, 6.45) is 24.2. The Hall–Kier alpha value is -0.140. The van der Waals surface area contributed by atoms with Gasteiger partial charge in [-0.25, -0.2) is 0 Å². The molecule has 33 heavy (non-hydrogen) atoms. The molecule has 0 radical (unpaired) electrons. The van der Waals surface area contributed by atoms with Gasteiger partial charge in [-0.1, -0.05) is 141 Å². The molecule has 1 aromatic rings. The van der Waals surface area contributed by atoms with Crippen molar-refractivity contribution in [2.75, 3.05) is 0 Å². The third-order valence-electron chi connectivity index (χ3n) is 5.88. The Kier molecular flexibility index (Phi) is 20.9. The molecule has 0 saturated heterocycles. The predicted octanol–water partition coefficient (Wildman–Crippen LogP) is 10.4. The molecule has 2 atom stereocenters. The van der Waals surface area contributed by atoms with Crippen LogP contribution in [0.1, 0.15) is 143 Å². The van der Waals surface area contributed by atoms with E-state index in [-0.39, 0.29) is 0 Å². The van der Waals surface area contributed by atoms with Gasteiger partial charge in [-0.05, 0) is 24.2 Å². The van der Waals surface area contributed by atoms with Crippen LogP contribution in [0.15, 0.2) is 0 Å². The number of hydrogen-bond acceptors (Lipinski definition) is 7. The summed E-state index contributed by atoms with van der Waals surface area (Å²) in [5, 5.41) is 10.4. The lowest BCUT2D eigenvalue weighted by atomic mass is 10.1. The smallest absolute Gasteiger partial charge is 0.309 e. The lowest BCUT2D eigenvalue weighted by Gasteiger charge is -2.09. The molecule has 7 heteroatoms. The molecule has 1 heterocycles. The van der Waals surface area contributed by atoms with Crippen LogP contribution < -0.4 is 8.37 Å². The number of unbranched alkanes of at least 4 members (excludes halogenated alkanes) is 14. The summed E-state index contributed by atoms with van der Waals surface area (Å²) < 4.78 is 11.6. The van der Waals surface area contributed by atoms with Gasteiger partial charge in [-0.15, -0.1) is 0 Å². The van der Waals surface area contributed by atoms with Crippen LogP contribution in [0, 0.1) is 0 Å². The molecule has 0 spiro atoms. The van der Waals surface area contributed by atoms with Crippen molar-refractivity contribution in [2.24, 2.45) is 0 Å². The molecular weight excluding hydrogens is 468 g/mol. The Morgan fingerprint density at radius 1 is 0.576 bits per heavy atom. The maximum absolute atomic E-state index is 5.78. The van der Waals surface area contributed by atoms with Crippen molar-refractivity contribution in [3.8, 4) is 10.4 Å². The van der Waals surface area contributed by atoms with E-state index in [1.165, 1.54) is 151 Å². The summed E-state index contributed by atoms with van der Waals surface area (Å²) in [6.45, 7) is 9.01. The highest BCUT2D eigenvalue weighted by atomic mass is 32.2. The molecular formula is C26H50N2O2S3. The van der Waals surface area contributed by atoms with Crippen LogP contribution >= 0.6 is 35.4 Å². The molecule has 1 aromatic heterocycles. The van der Waals surface area contributed by atoms with Crippen molar-refractivity contribution in [3.05, 3.63) is 0 Å². The standard InChI is InChI=1S/C26H50N2O2S3/c1-5-7-9-11-13-15-17-19-21-23(3)32-29-25-27-28-26(31-25)30-33-24(4)22-20-18-16-14-12-10-8-6-2/h23-24H,5-22H2,1-4H3. The van der Waals surface area contributed by atoms with Crippen LogP contribution in [0.2, 0.25) is 0 Å². The summed E-state index contributed by atoms with van der Waals surface area (Å²) in [5.41, 5.74) is 0. The molecule has 0 aliphatic heterocycles. The van der Waals surface area contributed by atoms with Crippen molar-refractivity contribution in [1.29, 1.82) is 0 Å². The Labute approximate surface area is 217 Å². The molecule has 0 bridgehead atoms. The summed E-state index contributed by atoms with van der Waals surface area (Å²) in [6, 6.07) is 0. The summed E-state index contributed by atoms with van der Waals surface area (Å²) in [7, 11) is 0. The minimum absolute atomic E-state index is 0.472. The van der Waals surface area contributed by atoms with E-state index in [1.54, 1.807) is 0 Å². The van der Waals surface area contributed by atoms with Gasteiger partial charge in [0.15, 0.2) is 0 Å². The van der Waals surface area contributed by atoms with Crippen LogP contribution in [0.25, 0.3) is 0 Å². The number of nitrogens with zero attached hydrogens (tertiary/aromatic N) is 2. The molecule has 1 rings (SSSR count). The summed E-state index contributed by atoms with van der Waals surface area (Å²) in [5.74, 6) is 0. The fraction of sp³-hybridized carbons (Fsp3) is 0.923. The summed E-state index contributed by atoms with van der Waals surface area (Å²) >= 11 is 4.41. The molecule has 0 N–H and O–H groups in total. The molecule has 0 aliphatic carbocycles. The van der Waals surface area contributed by atoms with Gasteiger partial charge in [0.05, 0.1) is 24.1 Å². The van der Waals surface area contributed by atoms with E-state index in [0.29, 0.717) is 20.9 Å². The zero-order chi connectivity index (χ0) is 24.0. The monoisotopic (exact) mass is 518 g/mol. The van der Waals surface area contributed by atoms with Crippen molar-refractivity contribution in [2.45, 2.75) is 154 Å². The second-order valence-electron chi connectivity index (χ2n) is 9.34. The fourth-order valence-electron chi connectivity index (χ4n) is 3.74. The average molecular weight is 519 g/mol.